The molecule has 0 bridgehead atoms. The van der Waals surface area contributed by atoms with Gasteiger partial charge in [0.15, 0.2) is 0 Å². The molecule has 1 amide bonds. The fourth-order valence-corrected chi connectivity index (χ4v) is 1.91. The molecule has 0 aliphatic carbocycles. The summed E-state index contributed by atoms with van der Waals surface area (Å²) in [6, 6.07) is 1.99. The fourth-order valence-electron chi connectivity index (χ4n) is 1.91. The summed E-state index contributed by atoms with van der Waals surface area (Å²) in [5.74, 6) is -4.85. The number of hydrogen-bond acceptors (Lipinski definition) is 2. The molecule has 0 unspecified atom stereocenters. The maximum absolute atomic E-state index is 13.5. The Labute approximate surface area is 102 Å². The number of nitrogens with zero attached hydrogens (tertiary/aromatic N) is 1. The Morgan fingerprint density at radius 1 is 1.44 bits per heavy atom. The van der Waals surface area contributed by atoms with Crippen molar-refractivity contribution in [2.24, 2.45) is 0 Å². The van der Waals surface area contributed by atoms with Crippen LogP contribution < -0.4 is 0 Å². The highest BCUT2D eigenvalue weighted by Crippen LogP contribution is 2.29. The highest BCUT2D eigenvalue weighted by molar-refractivity contribution is 5.95. The van der Waals surface area contributed by atoms with Crippen LogP contribution in [0.4, 0.5) is 13.2 Å². The van der Waals surface area contributed by atoms with E-state index < -0.39 is 30.6 Å². The molecule has 1 saturated heterocycles. The van der Waals surface area contributed by atoms with E-state index in [1.807, 2.05) is 0 Å². The van der Waals surface area contributed by atoms with Crippen LogP contribution in [-0.4, -0.2) is 34.9 Å². The number of halogens is 3. The van der Waals surface area contributed by atoms with Crippen LogP contribution in [0.5, 0.6) is 5.75 Å². The largest absolute Gasteiger partial charge is 0.508 e. The van der Waals surface area contributed by atoms with Crippen LogP contribution in [0.2, 0.25) is 0 Å². The normalized spacial score (nSPS) is 18.1. The number of aryl methyl sites for hydroxylation is 1. The van der Waals surface area contributed by atoms with Crippen molar-refractivity contribution in [3.63, 3.8) is 0 Å². The van der Waals surface area contributed by atoms with Gasteiger partial charge < -0.3 is 10.0 Å². The number of phenols is 1. The number of benzene rings is 1. The molecule has 6 heteroatoms. The van der Waals surface area contributed by atoms with Crippen molar-refractivity contribution in [3.05, 3.63) is 29.1 Å². The SMILES string of the molecule is Cc1cc(C(=O)N2CCC(F)(F)C2)c(F)cc1O. The standard InChI is InChI=1S/C12H12F3NO2/c1-7-4-8(9(13)5-10(7)17)11(18)16-3-2-12(14,15)6-16/h4-5,17H,2-3,6H2,1H3. The molecule has 0 spiro atoms. The quantitative estimate of drug-likeness (QED) is 0.840. The number of likely N-dealkylation sites (tertiary alicyclic amines) is 1. The minimum atomic E-state index is -2.90. The Morgan fingerprint density at radius 2 is 2.11 bits per heavy atom. The van der Waals surface area contributed by atoms with Crippen LogP contribution in [0.25, 0.3) is 0 Å². The monoisotopic (exact) mass is 259 g/mol. The summed E-state index contributed by atoms with van der Waals surface area (Å²) in [6.45, 7) is 0.723. The van der Waals surface area contributed by atoms with Crippen LogP contribution in [0, 0.1) is 12.7 Å². The van der Waals surface area contributed by atoms with Gasteiger partial charge in [-0.2, -0.15) is 0 Å². The lowest BCUT2D eigenvalue weighted by molar-refractivity contribution is 0.0119. The van der Waals surface area contributed by atoms with Gasteiger partial charge >= 0.3 is 0 Å². The Morgan fingerprint density at radius 3 is 2.67 bits per heavy atom. The highest BCUT2D eigenvalue weighted by atomic mass is 19.3. The van der Waals surface area contributed by atoms with Gasteiger partial charge in [-0.25, -0.2) is 13.2 Å². The Hall–Kier alpha value is -1.72. The predicted molar refractivity (Wildman–Crippen MR) is 58.3 cm³/mol. The van der Waals surface area contributed by atoms with E-state index in [2.05, 4.69) is 0 Å². The number of aromatic hydroxyl groups is 1. The first-order valence-electron chi connectivity index (χ1n) is 5.46. The van der Waals surface area contributed by atoms with Crippen molar-refractivity contribution in [2.45, 2.75) is 19.3 Å². The van der Waals surface area contributed by atoms with E-state index in [0.29, 0.717) is 5.56 Å². The van der Waals surface area contributed by atoms with Gasteiger partial charge in [-0.3, -0.25) is 4.79 Å². The lowest BCUT2D eigenvalue weighted by atomic mass is 10.1. The van der Waals surface area contributed by atoms with Crippen molar-refractivity contribution >= 4 is 5.91 Å². The van der Waals surface area contributed by atoms with Crippen LogP contribution >= 0.6 is 0 Å². The number of carbonyl (C=O) groups is 1. The minimum absolute atomic E-state index is 0.0921. The lowest BCUT2D eigenvalue weighted by Crippen LogP contribution is -2.32. The maximum Gasteiger partial charge on any atom is 0.267 e. The molecule has 1 heterocycles. The molecule has 1 fully saturated rings. The second-order valence-electron chi connectivity index (χ2n) is 4.45. The zero-order valence-corrected chi connectivity index (χ0v) is 9.71. The molecular formula is C12H12F3NO2. The zero-order valence-electron chi connectivity index (χ0n) is 9.71. The summed E-state index contributed by atoms with van der Waals surface area (Å²) >= 11 is 0. The highest BCUT2D eigenvalue weighted by Gasteiger charge is 2.40. The van der Waals surface area contributed by atoms with E-state index in [1.54, 1.807) is 0 Å². The molecule has 1 aliphatic heterocycles. The summed E-state index contributed by atoms with van der Waals surface area (Å²) < 4.78 is 39.5. The Kier molecular flexibility index (Phi) is 2.96. The summed E-state index contributed by atoms with van der Waals surface area (Å²) in [5, 5.41) is 9.27. The molecule has 0 radical (unpaired) electrons. The number of rotatable bonds is 1. The van der Waals surface area contributed by atoms with Gasteiger partial charge in [-0.05, 0) is 18.6 Å². The first-order chi connectivity index (χ1) is 8.30. The Bertz CT molecular complexity index is 502. The van der Waals surface area contributed by atoms with Gasteiger partial charge in [-0.1, -0.05) is 0 Å². The van der Waals surface area contributed by atoms with Gasteiger partial charge in [-0.15, -0.1) is 0 Å². The molecule has 2 rings (SSSR count). The number of carbonyl (C=O) groups excluding carboxylic acids is 1. The number of hydrogen-bond donors (Lipinski definition) is 1. The first kappa shape index (κ1) is 12.7. The van der Waals surface area contributed by atoms with Crippen LogP contribution in [-0.2, 0) is 0 Å². The topological polar surface area (TPSA) is 40.5 Å². The van der Waals surface area contributed by atoms with E-state index in [4.69, 9.17) is 0 Å². The molecule has 3 nitrogen and oxygen atoms in total. The molecule has 1 aromatic carbocycles. The van der Waals surface area contributed by atoms with Crippen molar-refractivity contribution < 1.29 is 23.1 Å². The zero-order chi connectivity index (χ0) is 13.5. The smallest absolute Gasteiger partial charge is 0.267 e. The molecule has 0 aromatic heterocycles. The van der Waals surface area contributed by atoms with Crippen molar-refractivity contribution in [1.29, 1.82) is 0 Å². The van der Waals surface area contributed by atoms with Crippen LogP contribution in [0.15, 0.2) is 12.1 Å². The van der Waals surface area contributed by atoms with Gasteiger partial charge in [0.2, 0.25) is 0 Å². The van der Waals surface area contributed by atoms with E-state index in [1.165, 1.54) is 13.0 Å². The van der Waals surface area contributed by atoms with Crippen molar-refractivity contribution in [3.8, 4) is 5.75 Å². The summed E-state index contributed by atoms with van der Waals surface area (Å²) in [7, 11) is 0. The number of phenolic OH excluding ortho intramolecular Hbond substituents is 1. The fraction of sp³-hybridized carbons (Fsp3) is 0.417. The van der Waals surface area contributed by atoms with E-state index in [0.717, 1.165) is 11.0 Å². The summed E-state index contributed by atoms with van der Waals surface area (Å²) in [6.07, 6.45) is -0.405. The maximum atomic E-state index is 13.5. The van der Waals surface area contributed by atoms with Crippen molar-refractivity contribution in [2.75, 3.05) is 13.1 Å². The van der Waals surface area contributed by atoms with E-state index >= 15 is 0 Å². The molecule has 0 saturated carbocycles. The summed E-state index contributed by atoms with van der Waals surface area (Å²) in [4.78, 5) is 12.8. The third kappa shape index (κ3) is 2.27. The molecule has 18 heavy (non-hydrogen) atoms. The first-order valence-corrected chi connectivity index (χ1v) is 5.46. The number of amides is 1. The third-order valence-electron chi connectivity index (χ3n) is 2.97. The average Bonchev–Trinajstić information content (AvgIpc) is 2.63. The van der Waals surface area contributed by atoms with Gasteiger partial charge in [0, 0.05) is 19.0 Å². The molecule has 0 atom stereocenters. The minimum Gasteiger partial charge on any atom is -0.508 e. The summed E-state index contributed by atoms with van der Waals surface area (Å²) in [5.41, 5.74) is 0.0358. The van der Waals surface area contributed by atoms with Gasteiger partial charge in [0.25, 0.3) is 11.8 Å². The van der Waals surface area contributed by atoms with Crippen molar-refractivity contribution in [1.82, 2.24) is 4.90 Å². The third-order valence-corrected chi connectivity index (χ3v) is 2.97. The Balaban J connectivity index is 2.27. The second kappa shape index (κ2) is 4.19. The number of alkyl halides is 2. The molecule has 1 N–H and O–H groups in total. The molecular weight excluding hydrogens is 247 g/mol. The van der Waals surface area contributed by atoms with E-state index in [9.17, 15) is 23.1 Å². The van der Waals surface area contributed by atoms with Gasteiger partial charge in [0.1, 0.15) is 11.6 Å². The van der Waals surface area contributed by atoms with E-state index in [-0.39, 0.29) is 17.9 Å². The predicted octanol–water partition coefficient (Wildman–Crippen LogP) is 2.32. The van der Waals surface area contributed by atoms with Crippen LogP contribution in [0.1, 0.15) is 22.3 Å². The lowest BCUT2D eigenvalue weighted by Gasteiger charge is -2.17. The van der Waals surface area contributed by atoms with Crippen LogP contribution in [0.3, 0.4) is 0 Å². The molecule has 1 aliphatic rings. The average molecular weight is 259 g/mol. The molecule has 1 aromatic rings. The molecule has 98 valence electrons. The second-order valence-corrected chi connectivity index (χ2v) is 4.45. The van der Waals surface area contributed by atoms with Gasteiger partial charge in [0.05, 0.1) is 12.1 Å².